The van der Waals surface area contributed by atoms with Crippen LogP contribution in [-0.2, 0) is 0 Å². The summed E-state index contributed by atoms with van der Waals surface area (Å²) in [5.74, 6) is 1.61. The van der Waals surface area contributed by atoms with Crippen LogP contribution in [0.5, 0.6) is 11.5 Å². The third kappa shape index (κ3) is 5.23. The minimum atomic E-state index is -0.573. The van der Waals surface area contributed by atoms with Crippen molar-refractivity contribution in [3.8, 4) is 11.5 Å². The minimum Gasteiger partial charge on any atom is -0.496 e. The van der Waals surface area contributed by atoms with Gasteiger partial charge in [0, 0.05) is 22.6 Å². The van der Waals surface area contributed by atoms with Crippen molar-refractivity contribution < 1.29 is 14.6 Å². The van der Waals surface area contributed by atoms with Gasteiger partial charge in [0.1, 0.15) is 24.2 Å². The van der Waals surface area contributed by atoms with E-state index < -0.39 is 6.10 Å². The fraction of sp³-hybridized carbons (Fsp3) is 0.368. The van der Waals surface area contributed by atoms with Gasteiger partial charge in [0.05, 0.1) is 7.11 Å². The van der Waals surface area contributed by atoms with Crippen LogP contribution in [0.4, 0.5) is 0 Å². The van der Waals surface area contributed by atoms with Crippen molar-refractivity contribution in [1.29, 1.82) is 0 Å². The zero-order valence-corrected chi connectivity index (χ0v) is 15.9. The lowest BCUT2D eigenvalue weighted by atomic mass is 10.1. The summed E-state index contributed by atoms with van der Waals surface area (Å²) in [6.45, 7) is 2.86. The average Bonchev–Trinajstić information content (AvgIpc) is 2.60. The van der Waals surface area contributed by atoms with Gasteiger partial charge in [-0.25, -0.2) is 0 Å². The van der Waals surface area contributed by atoms with Gasteiger partial charge in [-0.15, -0.1) is 0 Å². The van der Waals surface area contributed by atoms with E-state index in [9.17, 15) is 5.11 Å². The molecule has 0 saturated carbocycles. The number of para-hydroxylation sites is 1. The molecule has 0 bridgehead atoms. The van der Waals surface area contributed by atoms with Crippen molar-refractivity contribution in [2.75, 3.05) is 27.3 Å². The molecule has 5 heteroatoms. The summed E-state index contributed by atoms with van der Waals surface area (Å²) in [4.78, 5) is 2.09. The second kappa shape index (κ2) is 9.06. The van der Waals surface area contributed by atoms with Crippen molar-refractivity contribution in [3.05, 3.63) is 58.6 Å². The number of aliphatic hydroxyl groups is 1. The van der Waals surface area contributed by atoms with Gasteiger partial charge in [0.25, 0.3) is 0 Å². The molecule has 2 atom stereocenters. The highest BCUT2D eigenvalue weighted by atomic mass is 79.9. The number of aliphatic hydroxyl groups excluding tert-OH is 1. The molecule has 0 radical (unpaired) electrons. The molecule has 0 unspecified atom stereocenters. The fourth-order valence-corrected chi connectivity index (χ4v) is 2.78. The number of ether oxygens (including phenoxy) is 2. The van der Waals surface area contributed by atoms with E-state index in [4.69, 9.17) is 9.47 Å². The number of nitrogens with zero attached hydrogens (tertiary/aromatic N) is 1. The predicted molar refractivity (Wildman–Crippen MR) is 99.7 cm³/mol. The van der Waals surface area contributed by atoms with Gasteiger partial charge in [-0.05, 0) is 44.3 Å². The van der Waals surface area contributed by atoms with Gasteiger partial charge < -0.3 is 14.6 Å². The largest absolute Gasteiger partial charge is 0.496 e. The molecule has 130 valence electrons. The Labute approximate surface area is 152 Å². The van der Waals surface area contributed by atoms with Crippen LogP contribution in [0.2, 0.25) is 0 Å². The summed E-state index contributed by atoms with van der Waals surface area (Å²) in [6.07, 6.45) is -0.573. The van der Waals surface area contributed by atoms with Crippen LogP contribution < -0.4 is 9.47 Å². The Morgan fingerprint density at radius 3 is 2.46 bits per heavy atom. The molecular weight excluding hydrogens is 370 g/mol. The molecule has 0 aliphatic heterocycles. The molecule has 2 aromatic carbocycles. The molecule has 0 saturated heterocycles. The Balaban J connectivity index is 1.88. The van der Waals surface area contributed by atoms with Crippen LogP contribution in [0.3, 0.4) is 0 Å². The van der Waals surface area contributed by atoms with Crippen molar-refractivity contribution in [2.45, 2.75) is 19.1 Å². The Bertz CT molecular complexity index is 633. The van der Waals surface area contributed by atoms with Crippen molar-refractivity contribution in [1.82, 2.24) is 4.90 Å². The SMILES string of the molecule is COc1ccccc1[C@H](C)N(C)C[C@H](O)COc1ccc(Br)cc1. The summed E-state index contributed by atoms with van der Waals surface area (Å²) in [6, 6.07) is 15.6. The van der Waals surface area contributed by atoms with E-state index >= 15 is 0 Å². The number of hydrogen-bond acceptors (Lipinski definition) is 4. The Morgan fingerprint density at radius 1 is 1.12 bits per heavy atom. The standard InChI is InChI=1S/C19H24BrNO3/c1-14(18-6-4-5-7-19(18)23-3)21(2)12-16(22)13-24-17-10-8-15(20)9-11-17/h4-11,14,16,22H,12-13H2,1-3H3/t14-,16-/m0/s1. The zero-order valence-electron chi connectivity index (χ0n) is 14.3. The van der Waals surface area contributed by atoms with Crippen LogP contribution in [-0.4, -0.2) is 43.4 Å². The monoisotopic (exact) mass is 393 g/mol. The Morgan fingerprint density at radius 2 is 1.79 bits per heavy atom. The minimum absolute atomic E-state index is 0.128. The number of rotatable bonds is 8. The number of hydrogen-bond donors (Lipinski definition) is 1. The van der Waals surface area contributed by atoms with E-state index in [2.05, 4.69) is 27.8 Å². The molecule has 24 heavy (non-hydrogen) atoms. The average molecular weight is 394 g/mol. The van der Waals surface area contributed by atoms with Gasteiger partial charge in [0.2, 0.25) is 0 Å². The fourth-order valence-electron chi connectivity index (χ4n) is 2.52. The summed E-state index contributed by atoms with van der Waals surface area (Å²) in [5, 5.41) is 10.3. The van der Waals surface area contributed by atoms with E-state index in [-0.39, 0.29) is 12.6 Å². The Hall–Kier alpha value is -1.56. The maximum atomic E-state index is 10.3. The number of methoxy groups -OCH3 is 1. The zero-order chi connectivity index (χ0) is 17.5. The van der Waals surface area contributed by atoms with Gasteiger partial charge >= 0.3 is 0 Å². The molecule has 2 rings (SSSR count). The van der Waals surface area contributed by atoms with Crippen LogP contribution >= 0.6 is 15.9 Å². The molecule has 0 spiro atoms. The van der Waals surface area contributed by atoms with Crippen LogP contribution in [0.25, 0.3) is 0 Å². The summed E-state index contributed by atoms with van der Waals surface area (Å²) in [7, 11) is 3.66. The molecule has 0 aliphatic carbocycles. The maximum absolute atomic E-state index is 10.3. The molecule has 0 aliphatic rings. The first-order valence-corrected chi connectivity index (χ1v) is 8.70. The Kier molecular flexibility index (Phi) is 7.09. The third-order valence-corrected chi connectivity index (χ3v) is 4.53. The topological polar surface area (TPSA) is 41.9 Å². The summed E-state index contributed by atoms with van der Waals surface area (Å²) >= 11 is 3.39. The van der Waals surface area contributed by atoms with Crippen LogP contribution in [0.15, 0.2) is 53.0 Å². The summed E-state index contributed by atoms with van der Waals surface area (Å²) in [5.41, 5.74) is 1.10. The molecule has 0 heterocycles. The van der Waals surface area contributed by atoms with Crippen molar-refractivity contribution in [2.24, 2.45) is 0 Å². The molecule has 0 amide bonds. The quantitative estimate of drug-likeness (QED) is 0.738. The maximum Gasteiger partial charge on any atom is 0.123 e. The van der Waals surface area contributed by atoms with E-state index in [1.807, 2.05) is 55.6 Å². The van der Waals surface area contributed by atoms with Crippen LogP contribution in [0.1, 0.15) is 18.5 Å². The van der Waals surface area contributed by atoms with E-state index in [1.54, 1.807) is 7.11 Å². The highest BCUT2D eigenvalue weighted by Crippen LogP contribution is 2.28. The lowest BCUT2D eigenvalue weighted by molar-refractivity contribution is 0.0650. The molecule has 0 aromatic heterocycles. The third-order valence-electron chi connectivity index (χ3n) is 4.00. The van der Waals surface area contributed by atoms with Crippen molar-refractivity contribution >= 4 is 15.9 Å². The first-order valence-electron chi connectivity index (χ1n) is 7.91. The van der Waals surface area contributed by atoms with Gasteiger partial charge in [-0.3, -0.25) is 4.90 Å². The molecule has 2 aromatic rings. The summed E-state index contributed by atoms with van der Waals surface area (Å²) < 4.78 is 12.1. The first kappa shape index (κ1) is 18.8. The highest BCUT2D eigenvalue weighted by Gasteiger charge is 2.18. The second-order valence-electron chi connectivity index (χ2n) is 5.78. The predicted octanol–water partition coefficient (Wildman–Crippen LogP) is 3.89. The molecule has 4 nitrogen and oxygen atoms in total. The van der Waals surface area contributed by atoms with Gasteiger partial charge in [-0.1, -0.05) is 34.1 Å². The second-order valence-corrected chi connectivity index (χ2v) is 6.69. The number of likely N-dealkylation sites (N-methyl/N-ethyl adjacent to an activating group) is 1. The van der Waals surface area contributed by atoms with E-state index in [0.29, 0.717) is 6.54 Å². The lowest BCUT2D eigenvalue weighted by Crippen LogP contribution is -2.34. The highest BCUT2D eigenvalue weighted by molar-refractivity contribution is 9.10. The lowest BCUT2D eigenvalue weighted by Gasteiger charge is -2.28. The van der Waals surface area contributed by atoms with E-state index in [0.717, 1.165) is 21.5 Å². The first-order chi connectivity index (χ1) is 11.5. The van der Waals surface area contributed by atoms with Gasteiger partial charge in [0.15, 0.2) is 0 Å². The number of benzene rings is 2. The van der Waals surface area contributed by atoms with Crippen LogP contribution in [0, 0.1) is 0 Å². The van der Waals surface area contributed by atoms with Gasteiger partial charge in [-0.2, -0.15) is 0 Å². The molecule has 1 N–H and O–H groups in total. The van der Waals surface area contributed by atoms with E-state index in [1.165, 1.54) is 0 Å². The van der Waals surface area contributed by atoms with Crippen molar-refractivity contribution in [3.63, 3.8) is 0 Å². The molecule has 0 fully saturated rings. The smallest absolute Gasteiger partial charge is 0.123 e. The normalized spacial score (nSPS) is 13.6. The number of halogens is 1. The molecular formula is C19H24BrNO3.